The number of fused-ring (bicyclic) bond motifs is 1. The maximum atomic E-state index is 11.8. The number of benzene rings is 1. The van der Waals surface area contributed by atoms with Crippen LogP contribution in [0.1, 0.15) is 6.92 Å². The fourth-order valence-corrected chi connectivity index (χ4v) is 2.33. The predicted molar refractivity (Wildman–Crippen MR) is 80.5 cm³/mol. The quantitative estimate of drug-likeness (QED) is 0.898. The van der Waals surface area contributed by atoms with Crippen molar-refractivity contribution in [3.05, 3.63) is 42.6 Å². The number of nitrogens with one attached hydrogen (secondary N) is 2. The number of pyridine rings is 1. The highest BCUT2D eigenvalue weighted by atomic mass is 16.2. The standard InChI is InChI=1S/C15H16N4O/c1-2-16-14-9-11(7-8-17-14)19-10-15(20)18-12-5-3-4-6-13(12)19/h3-9H,2,10H2,1H3,(H,16,17)(H,18,20). The first kappa shape index (κ1) is 12.5. The molecule has 5 nitrogen and oxygen atoms in total. The molecule has 20 heavy (non-hydrogen) atoms. The maximum absolute atomic E-state index is 11.8. The number of amides is 1. The number of hydrogen-bond donors (Lipinski definition) is 2. The van der Waals surface area contributed by atoms with Crippen LogP contribution in [0.4, 0.5) is 22.9 Å². The molecule has 0 saturated heterocycles. The van der Waals surface area contributed by atoms with Gasteiger partial charge in [0.2, 0.25) is 5.91 Å². The van der Waals surface area contributed by atoms with Gasteiger partial charge in [-0.3, -0.25) is 4.79 Å². The zero-order valence-corrected chi connectivity index (χ0v) is 11.3. The first-order chi connectivity index (χ1) is 9.78. The van der Waals surface area contributed by atoms with Crippen LogP contribution in [-0.4, -0.2) is 24.0 Å². The molecule has 3 rings (SSSR count). The molecule has 0 unspecified atom stereocenters. The number of rotatable bonds is 3. The molecule has 1 amide bonds. The summed E-state index contributed by atoms with van der Waals surface area (Å²) in [6.45, 7) is 3.15. The normalized spacial score (nSPS) is 13.7. The summed E-state index contributed by atoms with van der Waals surface area (Å²) in [5, 5.41) is 6.07. The second-order valence-electron chi connectivity index (χ2n) is 4.58. The minimum Gasteiger partial charge on any atom is -0.370 e. The number of carbonyl (C=O) groups excluding carboxylic acids is 1. The Morgan fingerprint density at radius 2 is 2.20 bits per heavy atom. The average molecular weight is 268 g/mol. The van der Waals surface area contributed by atoms with E-state index in [4.69, 9.17) is 0 Å². The monoisotopic (exact) mass is 268 g/mol. The highest BCUT2D eigenvalue weighted by molar-refractivity contribution is 6.03. The van der Waals surface area contributed by atoms with Crippen molar-refractivity contribution in [3.8, 4) is 0 Å². The van der Waals surface area contributed by atoms with E-state index >= 15 is 0 Å². The summed E-state index contributed by atoms with van der Waals surface area (Å²) in [5.74, 6) is 0.805. The Balaban J connectivity index is 2.01. The van der Waals surface area contributed by atoms with Crippen LogP contribution in [0.3, 0.4) is 0 Å². The molecule has 102 valence electrons. The number of aromatic nitrogens is 1. The summed E-state index contributed by atoms with van der Waals surface area (Å²) in [6, 6.07) is 11.7. The van der Waals surface area contributed by atoms with E-state index in [0.29, 0.717) is 6.54 Å². The molecule has 1 aliphatic rings. The maximum Gasteiger partial charge on any atom is 0.244 e. The van der Waals surface area contributed by atoms with E-state index in [0.717, 1.165) is 29.4 Å². The number of nitrogens with zero attached hydrogens (tertiary/aromatic N) is 2. The molecule has 2 aromatic rings. The summed E-state index contributed by atoms with van der Waals surface area (Å²) in [5.41, 5.74) is 2.80. The Hall–Kier alpha value is -2.56. The lowest BCUT2D eigenvalue weighted by molar-refractivity contribution is -0.115. The van der Waals surface area contributed by atoms with Crippen LogP contribution in [-0.2, 0) is 4.79 Å². The zero-order valence-electron chi connectivity index (χ0n) is 11.3. The summed E-state index contributed by atoms with van der Waals surface area (Å²) in [6.07, 6.45) is 1.75. The zero-order chi connectivity index (χ0) is 13.9. The third-order valence-corrected chi connectivity index (χ3v) is 3.18. The molecule has 0 bridgehead atoms. The van der Waals surface area contributed by atoms with Gasteiger partial charge in [0.15, 0.2) is 0 Å². The minimum absolute atomic E-state index is 0.00878. The summed E-state index contributed by atoms with van der Waals surface area (Å²) in [7, 11) is 0. The lowest BCUT2D eigenvalue weighted by atomic mass is 10.1. The van der Waals surface area contributed by atoms with Crippen molar-refractivity contribution >= 4 is 28.8 Å². The molecule has 1 aromatic heterocycles. The Bertz CT molecular complexity index is 641. The molecule has 1 aliphatic heterocycles. The second kappa shape index (κ2) is 5.21. The van der Waals surface area contributed by atoms with Gasteiger partial charge < -0.3 is 15.5 Å². The van der Waals surface area contributed by atoms with E-state index in [-0.39, 0.29) is 5.91 Å². The van der Waals surface area contributed by atoms with E-state index in [9.17, 15) is 4.79 Å². The minimum atomic E-state index is -0.00878. The predicted octanol–water partition coefficient (Wildman–Crippen LogP) is 2.60. The van der Waals surface area contributed by atoms with Gasteiger partial charge in [0.1, 0.15) is 12.4 Å². The third-order valence-electron chi connectivity index (χ3n) is 3.18. The average Bonchev–Trinajstić information content (AvgIpc) is 2.47. The van der Waals surface area contributed by atoms with Gasteiger partial charge in [0, 0.05) is 24.5 Å². The molecule has 2 heterocycles. The molecular weight excluding hydrogens is 252 g/mol. The van der Waals surface area contributed by atoms with Crippen LogP contribution < -0.4 is 15.5 Å². The van der Waals surface area contributed by atoms with Crippen molar-refractivity contribution in [3.63, 3.8) is 0 Å². The molecule has 0 saturated carbocycles. The fourth-order valence-electron chi connectivity index (χ4n) is 2.33. The van der Waals surface area contributed by atoms with Gasteiger partial charge in [-0.05, 0) is 25.1 Å². The molecule has 0 aliphatic carbocycles. The number of anilines is 4. The molecule has 0 spiro atoms. The van der Waals surface area contributed by atoms with E-state index < -0.39 is 0 Å². The number of para-hydroxylation sites is 2. The van der Waals surface area contributed by atoms with E-state index in [2.05, 4.69) is 15.6 Å². The first-order valence-corrected chi connectivity index (χ1v) is 6.64. The molecule has 0 radical (unpaired) electrons. The summed E-state index contributed by atoms with van der Waals surface area (Å²) >= 11 is 0. The van der Waals surface area contributed by atoms with Crippen LogP contribution in [0.15, 0.2) is 42.6 Å². The van der Waals surface area contributed by atoms with Crippen molar-refractivity contribution in [1.29, 1.82) is 0 Å². The van der Waals surface area contributed by atoms with E-state index in [1.807, 2.05) is 48.2 Å². The van der Waals surface area contributed by atoms with Crippen molar-refractivity contribution in [2.45, 2.75) is 6.92 Å². The smallest absolute Gasteiger partial charge is 0.244 e. The summed E-state index contributed by atoms with van der Waals surface area (Å²) < 4.78 is 0. The molecule has 5 heteroatoms. The fraction of sp³-hybridized carbons (Fsp3) is 0.200. The Labute approximate surface area is 117 Å². The molecule has 0 fully saturated rings. The molecule has 0 atom stereocenters. The van der Waals surface area contributed by atoms with Gasteiger partial charge in [-0.2, -0.15) is 0 Å². The van der Waals surface area contributed by atoms with Crippen molar-refractivity contribution in [2.24, 2.45) is 0 Å². The Morgan fingerprint density at radius 3 is 3.05 bits per heavy atom. The van der Waals surface area contributed by atoms with Crippen molar-refractivity contribution in [2.75, 3.05) is 28.6 Å². The number of hydrogen-bond acceptors (Lipinski definition) is 4. The Morgan fingerprint density at radius 1 is 1.35 bits per heavy atom. The highest BCUT2D eigenvalue weighted by Crippen LogP contribution is 2.35. The lowest BCUT2D eigenvalue weighted by Gasteiger charge is -2.31. The van der Waals surface area contributed by atoms with Gasteiger partial charge in [-0.25, -0.2) is 4.98 Å². The summed E-state index contributed by atoms with van der Waals surface area (Å²) in [4.78, 5) is 18.1. The molecule has 1 aromatic carbocycles. The van der Waals surface area contributed by atoms with Crippen molar-refractivity contribution < 1.29 is 4.79 Å². The largest absolute Gasteiger partial charge is 0.370 e. The van der Waals surface area contributed by atoms with Gasteiger partial charge in [0.25, 0.3) is 0 Å². The molecule has 2 N–H and O–H groups in total. The first-order valence-electron chi connectivity index (χ1n) is 6.64. The second-order valence-corrected chi connectivity index (χ2v) is 4.58. The Kier molecular flexibility index (Phi) is 3.25. The highest BCUT2D eigenvalue weighted by Gasteiger charge is 2.22. The van der Waals surface area contributed by atoms with Crippen LogP contribution in [0.2, 0.25) is 0 Å². The van der Waals surface area contributed by atoms with Crippen LogP contribution in [0, 0.1) is 0 Å². The van der Waals surface area contributed by atoms with E-state index in [1.165, 1.54) is 0 Å². The van der Waals surface area contributed by atoms with Gasteiger partial charge >= 0.3 is 0 Å². The van der Waals surface area contributed by atoms with Gasteiger partial charge in [-0.15, -0.1) is 0 Å². The topological polar surface area (TPSA) is 57.3 Å². The van der Waals surface area contributed by atoms with Crippen molar-refractivity contribution in [1.82, 2.24) is 4.98 Å². The lowest BCUT2D eigenvalue weighted by Crippen LogP contribution is -2.35. The van der Waals surface area contributed by atoms with Crippen LogP contribution in [0.5, 0.6) is 0 Å². The van der Waals surface area contributed by atoms with Crippen LogP contribution in [0.25, 0.3) is 0 Å². The number of carbonyl (C=O) groups is 1. The molecular formula is C15H16N4O. The van der Waals surface area contributed by atoms with E-state index in [1.54, 1.807) is 6.20 Å². The SMILES string of the molecule is CCNc1cc(N2CC(=O)Nc3ccccc32)ccn1. The van der Waals surface area contributed by atoms with Gasteiger partial charge in [0.05, 0.1) is 11.4 Å². The third kappa shape index (κ3) is 2.30. The van der Waals surface area contributed by atoms with Gasteiger partial charge in [-0.1, -0.05) is 12.1 Å². The van der Waals surface area contributed by atoms with Crippen LogP contribution >= 0.6 is 0 Å².